The number of hydrazine groups is 1. The van der Waals surface area contributed by atoms with Crippen molar-refractivity contribution in [1.29, 1.82) is 0 Å². The highest BCUT2D eigenvalue weighted by Crippen LogP contribution is 2.28. The van der Waals surface area contributed by atoms with E-state index in [1.54, 1.807) is 49.4 Å². The third-order valence-corrected chi connectivity index (χ3v) is 5.78. The van der Waals surface area contributed by atoms with Gasteiger partial charge in [0.05, 0.1) is 19.4 Å². The van der Waals surface area contributed by atoms with Gasteiger partial charge in [-0.1, -0.05) is 18.5 Å². The number of nitrogens with one attached hydrogen (secondary N) is 2. The lowest BCUT2D eigenvalue weighted by Crippen LogP contribution is -2.41. The van der Waals surface area contributed by atoms with Crippen LogP contribution in [0.2, 0.25) is 5.02 Å². The molecule has 0 bridgehead atoms. The summed E-state index contributed by atoms with van der Waals surface area (Å²) in [6.45, 7) is 4.47. The summed E-state index contributed by atoms with van der Waals surface area (Å²) >= 11 is 7.06. The standard InChI is InChI=1S/C23H24ClN3O5S/c1-4-11-31-18-10-5-15(12-19(18)30-3)22(28)26-27-23(29)21-14(2)25-20(33-21)13-32-17-8-6-16(24)7-9-17/h5-10,12H,4,11,13H2,1-3H3,(H,26,28)(H,27,29). The number of amides is 2. The van der Waals surface area contributed by atoms with Crippen LogP contribution in [0.15, 0.2) is 42.5 Å². The number of ether oxygens (including phenoxy) is 3. The predicted molar refractivity (Wildman–Crippen MR) is 126 cm³/mol. The summed E-state index contributed by atoms with van der Waals surface area (Å²) in [6, 6.07) is 11.8. The van der Waals surface area contributed by atoms with Crippen molar-refractivity contribution >= 4 is 34.8 Å². The summed E-state index contributed by atoms with van der Waals surface area (Å²) in [6.07, 6.45) is 0.851. The average Bonchev–Trinajstić information content (AvgIpc) is 3.21. The van der Waals surface area contributed by atoms with E-state index in [2.05, 4.69) is 15.8 Å². The van der Waals surface area contributed by atoms with Crippen LogP contribution in [-0.2, 0) is 6.61 Å². The minimum absolute atomic E-state index is 0.207. The van der Waals surface area contributed by atoms with Crippen LogP contribution in [0, 0.1) is 6.92 Å². The van der Waals surface area contributed by atoms with Crippen molar-refractivity contribution in [1.82, 2.24) is 15.8 Å². The van der Waals surface area contributed by atoms with Gasteiger partial charge in [-0.25, -0.2) is 4.98 Å². The Morgan fingerprint density at radius 2 is 1.76 bits per heavy atom. The number of nitrogens with zero attached hydrogens (tertiary/aromatic N) is 1. The third-order valence-electron chi connectivity index (χ3n) is 4.40. The normalized spacial score (nSPS) is 10.4. The van der Waals surface area contributed by atoms with Crippen LogP contribution >= 0.6 is 22.9 Å². The molecule has 33 heavy (non-hydrogen) atoms. The molecule has 2 aromatic carbocycles. The van der Waals surface area contributed by atoms with Crippen molar-refractivity contribution < 1.29 is 23.8 Å². The zero-order valence-corrected chi connectivity index (χ0v) is 20.0. The largest absolute Gasteiger partial charge is 0.493 e. The van der Waals surface area contributed by atoms with Crippen molar-refractivity contribution in [2.75, 3.05) is 13.7 Å². The topological polar surface area (TPSA) is 98.8 Å². The first-order valence-corrected chi connectivity index (χ1v) is 11.4. The SMILES string of the molecule is CCCOc1ccc(C(=O)NNC(=O)c2sc(COc3ccc(Cl)cc3)nc2C)cc1OC. The first-order chi connectivity index (χ1) is 15.9. The first-order valence-electron chi connectivity index (χ1n) is 10.2. The molecule has 0 aliphatic carbocycles. The van der Waals surface area contributed by atoms with E-state index in [0.29, 0.717) is 50.0 Å². The fourth-order valence-electron chi connectivity index (χ4n) is 2.78. The van der Waals surface area contributed by atoms with Gasteiger partial charge in [0.15, 0.2) is 11.5 Å². The Hall–Kier alpha value is -3.30. The number of hydrogen-bond donors (Lipinski definition) is 2. The molecule has 0 radical (unpaired) electrons. The molecule has 0 aliphatic rings. The predicted octanol–water partition coefficient (Wildman–Crippen LogP) is 4.56. The quantitative estimate of drug-likeness (QED) is 0.428. The van der Waals surface area contributed by atoms with E-state index in [4.69, 9.17) is 25.8 Å². The maximum absolute atomic E-state index is 12.6. The van der Waals surface area contributed by atoms with Crippen molar-refractivity contribution in [2.24, 2.45) is 0 Å². The Labute approximate surface area is 200 Å². The van der Waals surface area contributed by atoms with E-state index in [9.17, 15) is 9.59 Å². The zero-order valence-electron chi connectivity index (χ0n) is 18.4. The highest BCUT2D eigenvalue weighted by atomic mass is 35.5. The molecule has 10 heteroatoms. The van der Waals surface area contributed by atoms with E-state index >= 15 is 0 Å². The van der Waals surface area contributed by atoms with E-state index in [1.165, 1.54) is 18.4 Å². The molecule has 3 rings (SSSR count). The number of aromatic nitrogens is 1. The third kappa shape index (κ3) is 6.59. The minimum Gasteiger partial charge on any atom is -0.493 e. The number of methoxy groups -OCH3 is 1. The minimum atomic E-state index is -0.489. The molecular formula is C23H24ClN3O5S. The molecule has 0 fully saturated rings. The Morgan fingerprint density at radius 3 is 2.45 bits per heavy atom. The van der Waals surface area contributed by atoms with E-state index < -0.39 is 11.8 Å². The molecule has 2 N–H and O–H groups in total. The maximum atomic E-state index is 12.6. The molecule has 0 atom stereocenters. The molecular weight excluding hydrogens is 466 g/mol. The van der Waals surface area contributed by atoms with Gasteiger partial charge in [-0.15, -0.1) is 11.3 Å². The molecule has 0 aliphatic heterocycles. The number of rotatable bonds is 9. The molecule has 8 nitrogen and oxygen atoms in total. The molecule has 174 valence electrons. The average molecular weight is 490 g/mol. The molecule has 0 saturated carbocycles. The lowest BCUT2D eigenvalue weighted by molar-refractivity contribution is 0.0848. The fourth-order valence-corrected chi connectivity index (χ4v) is 3.78. The Bertz CT molecular complexity index is 1120. The molecule has 3 aromatic rings. The van der Waals surface area contributed by atoms with Crippen LogP contribution in [0.4, 0.5) is 0 Å². The summed E-state index contributed by atoms with van der Waals surface area (Å²) < 4.78 is 16.6. The van der Waals surface area contributed by atoms with Gasteiger partial charge in [0.2, 0.25) is 0 Å². The second-order valence-corrected chi connectivity index (χ2v) is 8.41. The van der Waals surface area contributed by atoms with Gasteiger partial charge in [0, 0.05) is 10.6 Å². The van der Waals surface area contributed by atoms with Gasteiger partial charge in [-0.3, -0.25) is 20.4 Å². The molecule has 1 aromatic heterocycles. The van der Waals surface area contributed by atoms with Gasteiger partial charge < -0.3 is 14.2 Å². The van der Waals surface area contributed by atoms with Gasteiger partial charge in [-0.05, 0) is 55.8 Å². The number of halogens is 1. The molecule has 1 heterocycles. The van der Waals surface area contributed by atoms with E-state index in [1.807, 2.05) is 6.92 Å². The van der Waals surface area contributed by atoms with Crippen LogP contribution in [0.1, 0.15) is 44.1 Å². The van der Waals surface area contributed by atoms with Crippen LogP contribution in [0.25, 0.3) is 0 Å². The monoisotopic (exact) mass is 489 g/mol. The Kier molecular flexibility index (Phi) is 8.51. The zero-order chi connectivity index (χ0) is 23.8. The molecule has 2 amide bonds. The van der Waals surface area contributed by atoms with Crippen molar-refractivity contribution in [3.05, 3.63) is 68.6 Å². The van der Waals surface area contributed by atoms with Crippen LogP contribution in [0.5, 0.6) is 17.2 Å². The summed E-state index contributed by atoms with van der Waals surface area (Å²) in [4.78, 5) is 29.8. The second-order valence-electron chi connectivity index (χ2n) is 6.89. The lowest BCUT2D eigenvalue weighted by atomic mass is 10.2. The Morgan fingerprint density at radius 1 is 1.03 bits per heavy atom. The second kappa shape index (κ2) is 11.5. The number of carbonyl (C=O) groups excluding carboxylic acids is 2. The van der Waals surface area contributed by atoms with E-state index in [0.717, 1.165) is 6.42 Å². The summed E-state index contributed by atoms with van der Waals surface area (Å²) in [7, 11) is 1.50. The highest BCUT2D eigenvalue weighted by molar-refractivity contribution is 7.13. The lowest BCUT2D eigenvalue weighted by Gasteiger charge is -2.12. The summed E-state index contributed by atoms with van der Waals surface area (Å²) in [5.74, 6) is 0.676. The van der Waals surface area contributed by atoms with Gasteiger partial charge >= 0.3 is 0 Å². The van der Waals surface area contributed by atoms with E-state index in [-0.39, 0.29) is 6.61 Å². The number of benzene rings is 2. The maximum Gasteiger partial charge on any atom is 0.281 e. The highest BCUT2D eigenvalue weighted by Gasteiger charge is 2.17. The molecule has 0 unspecified atom stereocenters. The number of hydrogen-bond acceptors (Lipinski definition) is 7. The number of thiazole rings is 1. The Balaban J connectivity index is 1.58. The summed E-state index contributed by atoms with van der Waals surface area (Å²) in [5.41, 5.74) is 5.69. The van der Waals surface area contributed by atoms with Gasteiger partial charge in [0.25, 0.3) is 11.8 Å². The smallest absolute Gasteiger partial charge is 0.281 e. The van der Waals surface area contributed by atoms with Crippen LogP contribution in [0.3, 0.4) is 0 Å². The van der Waals surface area contributed by atoms with Crippen LogP contribution < -0.4 is 25.1 Å². The van der Waals surface area contributed by atoms with Crippen LogP contribution in [-0.4, -0.2) is 30.5 Å². The van der Waals surface area contributed by atoms with Crippen molar-refractivity contribution in [3.63, 3.8) is 0 Å². The van der Waals surface area contributed by atoms with Gasteiger partial charge in [-0.2, -0.15) is 0 Å². The molecule has 0 spiro atoms. The van der Waals surface area contributed by atoms with Crippen molar-refractivity contribution in [3.8, 4) is 17.2 Å². The first kappa shape index (κ1) is 24.3. The number of aryl methyl sites for hydroxylation is 1. The number of carbonyl (C=O) groups is 2. The molecule has 0 saturated heterocycles. The summed E-state index contributed by atoms with van der Waals surface area (Å²) in [5, 5.41) is 1.25. The van der Waals surface area contributed by atoms with Gasteiger partial charge in [0.1, 0.15) is 22.2 Å². The van der Waals surface area contributed by atoms with Crippen molar-refractivity contribution in [2.45, 2.75) is 26.9 Å². The fraction of sp³-hybridized carbons (Fsp3) is 0.261.